The van der Waals surface area contributed by atoms with Crippen molar-refractivity contribution in [1.82, 2.24) is 15.3 Å². The topological polar surface area (TPSA) is 77.8 Å². The Labute approximate surface area is 150 Å². The van der Waals surface area contributed by atoms with Gasteiger partial charge in [0.1, 0.15) is 5.56 Å². The van der Waals surface area contributed by atoms with E-state index in [0.29, 0.717) is 6.54 Å². The number of fused-ring (bicyclic) bond motifs is 2. The van der Waals surface area contributed by atoms with Crippen molar-refractivity contribution in [2.45, 2.75) is 20.4 Å². The summed E-state index contributed by atoms with van der Waals surface area (Å²) in [5.74, 6) is -0.377. The minimum atomic E-state index is -0.377. The second-order valence-corrected chi connectivity index (χ2v) is 6.60. The fourth-order valence-corrected chi connectivity index (χ4v) is 3.40. The molecule has 0 fully saturated rings. The molecular weight excluding hydrogens is 326 g/mol. The molecule has 5 heteroatoms. The molecule has 4 rings (SSSR count). The summed E-state index contributed by atoms with van der Waals surface area (Å²) in [6.45, 7) is 4.30. The van der Waals surface area contributed by atoms with E-state index in [-0.39, 0.29) is 17.0 Å². The quantitative estimate of drug-likeness (QED) is 0.531. The van der Waals surface area contributed by atoms with Gasteiger partial charge in [-0.25, -0.2) is 0 Å². The molecule has 2 aromatic carbocycles. The number of aromatic amines is 2. The lowest BCUT2D eigenvalue weighted by molar-refractivity contribution is 0.0949. The van der Waals surface area contributed by atoms with Crippen LogP contribution in [0.25, 0.3) is 21.8 Å². The van der Waals surface area contributed by atoms with Crippen LogP contribution in [0.4, 0.5) is 0 Å². The Balaban J connectivity index is 1.64. The van der Waals surface area contributed by atoms with Crippen molar-refractivity contribution in [1.29, 1.82) is 0 Å². The first-order valence-electron chi connectivity index (χ1n) is 8.50. The van der Waals surface area contributed by atoms with E-state index in [2.05, 4.69) is 15.3 Å². The third kappa shape index (κ3) is 2.77. The number of carbonyl (C=O) groups excluding carboxylic acids is 1. The molecule has 1 amide bonds. The predicted molar refractivity (Wildman–Crippen MR) is 104 cm³/mol. The van der Waals surface area contributed by atoms with E-state index >= 15 is 0 Å². The van der Waals surface area contributed by atoms with Gasteiger partial charge in [-0.05, 0) is 48.6 Å². The molecule has 5 nitrogen and oxygen atoms in total. The summed E-state index contributed by atoms with van der Waals surface area (Å²) in [6.07, 6.45) is 1.88. The smallest absolute Gasteiger partial charge is 0.261 e. The first-order chi connectivity index (χ1) is 12.5. The molecule has 0 spiro atoms. The van der Waals surface area contributed by atoms with E-state index in [1.807, 2.05) is 56.4 Å². The van der Waals surface area contributed by atoms with Gasteiger partial charge < -0.3 is 15.3 Å². The SMILES string of the molecule is Cc1cc(C)c2[nH]c(=O)c(C(=O)NCc3c[nH]c4ccccc34)cc2c1. The average molecular weight is 345 g/mol. The molecule has 0 unspecified atom stereocenters. The fourth-order valence-electron chi connectivity index (χ4n) is 3.40. The molecule has 130 valence electrons. The Kier molecular flexibility index (Phi) is 3.84. The molecule has 0 aliphatic rings. The third-order valence-electron chi connectivity index (χ3n) is 4.65. The number of hydrogen-bond donors (Lipinski definition) is 3. The maximum atomic E-state index is 12.6. The zero-order valence-electron chi connectivity index (χ0n) is 14.6. The first-order valence-corrected chi connectivity index (χ1v) is 8.50. The highest BCUT2D eigenvalue weighted by molar-refractivity contribution is 5.98. The van der Waals surface area contributed by atoms with E-state index in [9.17, 15) is 9.59 Å². The minimum absolute atomic E-state index is 0.127. The van der Waals surface area contributed by atoms with Crippen molar-refractivity contribution in [3.8, 4) is 0 Å². The van der Waals surface area contributed by atoms with Gasteiger partial charge >= 0.3 is 0 Å². The molecule has 0 bridgehead atoms. The normalized spacial score (nSPS) is 11.2. The lowest BCUT2D eigenvalue weighted by Gasteiger charge is -2.08. The van der Waals surface area contributed by atoms with Crippen LogP contribution in [0.2, 0.25) is 0 Å². The molecule has 4 aromatic rings. The maximum absolute atomic E-state index is 12.6. The van der Waals surface area contributed by atoms with Crippen LogP contribution in [-0.4, -0.2) is 15.9 Å². The Bertz CT molecular complexity index is 1200. The van der Waals surface area contributed by atoms with Crippen molar-refractivity contribution in [2.75, 3.05) is 0 Å². The number of hydrogen-bond acceptors (Lipinski definition) is 2. The van der Waals surface area contributed by atoms with Gasteiger partial charge in [-0.2, -0.15) is 0 Å². The average Bonchev–Trinajstić information content (AvgIpc) is 3.03. The minimum Gasteiger partial charge on any atom is -0.361 e. The van der Waals surface area contributed by atoms with Crippen LogP contribution in [0.5, 0.6) is 0 Å². The molecule has 3 N–H and O–H groups in total. The number of aryl methyl sites for hydroxylation is 2. The summed E-state index contributed by atoms with van der Waals surface area (Å²) >= 11 is 0. The third-order valence-corrected chi connectivity index (χ3v) is 4.65. The van der Waals surface area contributed by atoms with Gasteiger partial charge in [0.15, 0.2) is 0 Å². The van der Waals surface area contributed by atoms with Crippen molar-refractivity contribution >= 4 is 27.7 Å². The molecule has 0 aliphatic heterocycles. The maximum Gasteiger partial charge on any atom is 0.261 e. The Morgan fingerprint density at radius 1 is 1.12 bits per heavy atom. The molecule has 0 saturated heterocycles. The van der Waals surface area contributed by atoms with Gasteiger partial charge in [-0.3, -0.25) is 9.59 Å². The van der Waals surface area contributed by atoms with Crippen LogP contribution < -0.4 is 10.9 Å². The summed E-state index contributed by atoms with van der Waals surface area (Å²) in [7, 11) is 0. The van der Waals surface area contributed by atoms with Gasteiger partial charge in [-0.15, -0.1) is 0 Å². The highest BCUT2D eigenvalue weighted by Crippen LogP contribution is 2.19. The largest absolute Gasteiger partial charge is 0.361 e. The standard InChI is InChI=1S/C21H19N3O2/c1-12-7-13(2)19-14(8-12)9-17(21(26)24-19)20(25)23-11-15-10-22-18-6-4-3-5-16(15)18/h3-10,22H,11H2,1-2H3,(H,23,25)(H,24,26). The molecule has 0 aliphatic carbocycles. The Morgan fingerprint density at radius 2 is 1.92 bits per heavy atom. The number of para-hydroxylation sites is 1. The highest BCUT2D eigenvalue weighted by atomic mass is 16.2. The molecule has 26 heavy (non-hydrogen) atoms. The van der Waals surface area contributed by atoms with Crippen LogP contribution in [0, 0.1) is 13.8 Å². The number of aromatic nitrogens is 2. The number of H-pyrrole nitrogens is 2. The summed E-state index contributed by atoms with van der Waals surface area (Å²) in [4.78, 5) is 30.9. The van der Waals surface area contributed by atoms with Crippen molar-refractivity contribution in [3.63, 3.8) is 0 Å². The number of pyridine rings is 1. The van der Waals surface area contributed by atoms with Crippen molar-refractivity contribution in [2.24, 2.45) is 0 Å². The number of nitrogens with one attached hydrogen (secondary N) is 3. The second-order valence-electron chi connectivity index (χ2n) is 6.60. The van der Waals surface area contributed by atoms with Crippen LogP contribution in [0.15, 0.2) is 53.5 Å². The molecule has 0 atom stereocenters. The van der Waals surface area contributed by atoms with E-state index < -0.39 is 0 Å². The van der Waals surface area contributed by atoms with Gasteiger partial charge in [0, 0.05) is 23.6 Å². The molecule has 0 radical (unpaired) electrons. The van der Waals surface area contributed by atoms with Crippen LogP contribution in [-0.2, 0) is 6.54 Å². The number of benzene rings is 2. The molecule has 0 saturated carbocycles. The van der Waals surface area contributed by atoms with Crippen molar-refractivity contribution in [3.05, 3.63) is 81.3 Å². The summed E-state index contributed by atoms with van der Waals surface area (Å²) < 4.78 is 0. The van der Waals surface area contributed by atoms with Gasteiger partial charge in [0.25, 0.3) is 11.5 Å². The van der Waals surface area contributed by atoms with Gasteiger partial charge in [0.05, 0.1) is 5.52 Å². The van der Waals surface area contributed by atoms with Gasteiger partial charge in [-0.1, -0.05) is 29.8 Å². The highest BCUT2D eigenvalue weighted by Gasteiger charge is 2.13. The van der Waals surface area contributed by atoms with E-state index in [1.165, 1.54) is 0 Å². The predicted octanol–water partition coefficient (Wildman–Crippen LogP) is 3.56. The second kappa shape index (κ2) is 6.19. The Morgan fingerprint density at radius 3 is 2.77 bits per heavy atom. The fraction of sp³-hybridized carbons (Fsp3) is 0.143. The van der Waals surface area contributed by atoms with E-state index in [0.717, 1.165) is 38.5 Å². The van der Waals surface area contributed by atoms with Crippen molar-refractivity contribution < 1.29 is 4.79 Å². The van der Waals surface area contributed by atoms with Crippen LogP contribution >= 0.6 is 0 Å². The van der Waals surface area contributed by atoms with E-state index in [4.69, 9.17) is 0 Å². The Hall–Kier alpha value is -3.34. The first kappa shape index (κ1) is 16.1. The number of rotatable bonds is 3. The summed E-state index contributed by atoms with van der Waals surface area (Å²) in [5, 5.41) is 4.77. The lowest BCUT2D eigenvalue weighted by Crippen LogP contribution is -2.29. The van der Waals surface area contributed by atoms with Crippen LogP contribution in [0.3, 0.4) is 0 Å². The molecule has 2 aromatic heterocycles. The zero-order valence-corrected chi connectivity index (χ0v) is 14.6. The number of amides is 1. The molecular formula is C21H19N3O2. The van der Waals surface area contributed by atoms with Crippen LogP contribution in [0.1, 0.15) is 27.0 Å². The summed E-state index contributed by atoms with van der Waals surface area (Å²) in [6, 6.07) is 13.5. The lowest BCUT2D eigenvalue weighted by atomic mass is 10.1. The van der Waals surface area contributed by atoms with E-state index in [1.54, 1.807) is 6.07 Å². The number of carbonyl (C=O) groups is 1. The molecule has 2 heterocycles. The summed E-state index contributed by atoms with van der Waals surface area (Å²) in [5.41, 5.74) is 4.61. The monoisotopic (exact) mass is 345 g/mol. The zero-order chi connectivity index (χ0) is 18.3. The van der Waals surface area contributed by atoms with Gasteiger partial charge in [0.2, 0.25) is 0 Å².